The summed E-state index contributed by atoms with van der Waals surface area (Å²) in [6, 6.07) is 0.460. The molecule has 0 atom stereocenters. The Kier molecular flexibility index (Phi) is 10.3. The summed E-state index contributed by atoms with van der Waals surface area (Å²) in [5, 5.41) is 7.97. The van der Waals surface area contributed by atoms with Crippen molar-refractivity contribution >= 4 is 47.2 Å². The highest BCUT2D eigenvalue weighted by Crippen LogP contribution is 2.17. The number of carbonyl (C=O) groups excluding carboxylic acids is 1. The van der Waals surface area contributed by atoms with Crippen LogP contribution in [0.1, 0.15) is 42.0 Å². The van der Waals surface area contributed by atoms with Crippen molar-refractivity contribution in [2.75, 3.05) is 27.2 Å². The van der Waals surface area contributed by atoms with Crippen LogP contribution in [0, 0.1) is 6.92 Å². The van der Waals surface area contributed by atoms with Crippen molar-refractivity contribution in [3.8, 4) is 0 Å². The Labute approximate surface area is 171 Å². The van der Waals surface area contributed by atoms with E-state index in [0.717, 1.165) is 23.9 Å². The van der Waals surface area contributed by atoms with Crippen molar-refractivity contribution in [3.05, 3.63) is 16.1 Å². The molecule has 142 valence electrons. The molecule has 1 fully saturated rings. The van der Waals surface area contributed by atoms with Crippen LogP contribution in [0.3, 0.4) is 0 Å². The molecular weight excluding hydrogens is 449 g/mol. The number of hydrogen-bond acceptors (Lipinski definition) is 4. The van der Waals surface area contributed by atoms with Crippen LogP contribution in [0.2, 0.25) is 0 Å². The molecule has 0 aromatic carbocycles. The Morgan fingerprint density at radius 3 is 2.68 bits per heavy atom. The molecule has 1 aliphatic rings. The minimum absolute atomic E-state index is 0. The predicted octanol–water partition coefficient (Wildman–Crippen LogP) is 2.57. The van der Waals surface area contributed by atoms with Gasteiger partial charge in [-0.25, -0.2) is 9.98 Å². The molecule has 1 amide bonds. The zero-order chi connectivity index (χ0) is 17.4. The fourth-order valence-corrected chi connectivity index (χ4v) is 3.47. The summed E-state index contributed by atoms with van der Waals surface area (Å²) in [7, 11) is 3.51. The van der Waals surface area contributed by atoms with Gasteiger partial charge in [-0.3, -0.25) is 4.79 Å². The van der Waals surface area contributed by atoms with Crippen LogP contribution in [0.25, 0.3) is 0 Å². The molecule has 1 aromatic heterocycles. The molecular formula is C17H30IN5OS. The van der Waals surface area contributed by atoms with Crippen LogP contribution in [0.4, 0.5) is 0 Å². The van der Waals surface area contributed by atoms with Gasteiger partial charge in [0.1, 0.15) is 6.54 Å². The summed E-state index contributed by atoms with van der Waals surface area (Å²) >= 11 is 1.73. The SMILES string of the molecule is Cc1cnc(CCNC(=NCC(=O)N(C)C)NC2CCCCC2)s1.I. The molecule has 0 saturated heterocycles. The molecule has 25 heavy (non-hydrogen) atoms. The predicted molar refractivity (Wildman–Crippen MR) is 115 cm³/mol. The number of thiazole rings is 1. The first-order valence-electron chi connectivity index (χ1n) is 8.71. The normalized spacial score (nSPS) is 15.4. The van der Waals surface area contributed by atoms with Crippen LogP contribution in [0.5, 0.6) is 0 Å². The van der Waals surface area contributed by atoms with Gasteiger partial charge < -0.3 is 15.5 Å². The zero-order valence-corrected chi connectivity index (χ0v) is 18.5. The van der Waals surface area contributed by atoms with E-state index in [-0.39, 0.29) is 36.4 Å². The average molecular weight is 479 g/mol. The van der Waals surface area contributed by atoms with Gasteiger partial charge in [-0.2, -0.15) is 0 Å². The number of guanidine groups is 1. The van der Waals surface area contributed by atoms with Gasteiger partial charge in [0.15, 0.2) is 5.96 Å². The van der Waals surface area contributed by atoms with Crippen LogP contribution in [0.15, 0.2) is 11.2 Å². The lowest BCUT2D eigenvalue weighted by atomic mass is 9.96. The van der Waals surface area contributed by atoms with E-state index in [0.29, 0.717) is 6.04 Å². The maximum Gasteiger partial charge on any atom is 0.243 e. The summed E-state index contributed by atoms with van der Waals surface area (Å²) < 4.78 is 0. The quantitative estimate of drug-likeness (QED) is 0.374. The average Bonchev–Trinajstić information content (AvgIpc) is 2.98. The largest absolute Gasteiger partial charge is 0.356 e. The van der Waals surface area contributed by atoms with E-state index in [1.54, 1.807) is 30.3 Å². The fourth-order valence-electron chi connectivity index (χ4n) is 2.69. The zero-order valence-electron chi connectivity index (χ0n) is 15.4. The standard InChI is InChI=1S/C17H29N5OS.HI/c1-13-11-19-15(24-13)9-10-18-17(20-12-16(23)22(2)3)21-14-7-5-4-6-8-14;/h11,14H,4-10,12H2,1-3H3,(H2,18,20,21);1H. The highest BCUT2D eigenvalue weighted by molar-refractivity contribution is 14.0. The summed E-state index contributed by atoms with van der Waals surface area (Å²) in [5.74, 6) is 0.751. The number of aromatic nitrogens is 1. The third-order valence-corrected chi connectivity index (χ3v) is 5.09. The van der Waals surface area contributed by atoms with Crippen molar-refractivity contribution < 1.29 is 4.79 Å². The van der Waals surface area contributed by atoms with Gasteiger partial charge in [0.05, 0.1) is 5.01 Å². The number of nitrogens with one attached hydrogen (secondary N) is 2. The first-order chi connectivity index (χ1) is 11.5. The summed E-state index contributed by atoms with van der Waals surface area (Å²) in [6.07, 6.45) is 8.97. The molecule has 2 rings (SSSR count). The van der Waals surface area contributed by atoms with E-state index in [2.05, 4.69) is 27.5 Å². The number of hydrogen-bond donors (Lipinski definition) is 2. The molecule has 0 unspecified atom stereocenters. The number of amides is 1. The molecule has 1 aromatic rings. The van der Waals surface area contributed by atoms with E-state index in [9.17, 15) is 4.79 Å². The summed E-state index contributed by atoms with van der Waals surface area (Å²) in [5.41, 5.74) is 0. The topological polar surface area (TPSA) is 69.6 Å². The second kappa shape index (κ2) is 11.7. The molecule has 0 aliphatic heterocycles. The molecule has 1 saturated carbocycles. The van der Waals surface area contributed by atoms with Crippen molar-refractivity contribution in [2.45, 2.75) is 51.5 Å². The Bertz CT molecular complexity index is 555. The minimum atomic E-state index is 0. The van der Waals surface area contributed by atoms with Crippen LogP contribution < -0.4 is 10.6 Å². The second-order valence-corrected chi connectivity index (χ2v) is 7.79. The second-order valence-electron chi connectivity index (χ2n) is 6.47. The molecule has 0 spiro atoms. The summed E-state index contributed by atoms with van der Waals surface area (Å²) in [4.78, 5) is 23.4. The third kappa shape index (κ3) is 8.35. The van der Waals surface area contributed by atoms with Gasteiger partial charge in [-0.1, -0.05) is 19.3 Å². The lowest BCUT2D eigenvalue weighted by molar-refractivity contribution is -0.127. The summed E-state index contributed by atoms with van der Waals surface area (Å²) in [6.45, 7) is 3.01. The highest BCUT2D eigenvalue weighted by Gasteiger charge is 2.15. The monoisotopic (exact) mass is 479 g/mol. The number of carbonyl (C=O) groups is 1. The van der Waals surface area contributed by atoms with Crippen LogP contribution in [-0.4, -0.2) is 55.0 Å². The molecule has 2 N–H and O–H groups in total. The molecule has 1 heterocycles. The molecule has 1 aliphatic carbocycles. The van der Waals surface area contributed by atoms with E-state index in [1.807, 2.05) is 6.20 Å². The highest BCUT2D eigenvalue weighted by atomic mass is 127. The number of halogens is 1. The van der Waals surface area contributed by atoms with Crippen molar-refractivity contribution in [2.24, 2.45) is 4.99 Å². The van der Waals surface area contributed by atoms with E-state index >= 15 is 0 Å². The number of likely N-dealkylation sites (N-methyl/N-ethyl adjacent to an activating group) is 1. The lowest BCUT2D eigenvalue weighted by Crippen LogP contribution is -2.45. The van der Waals surface area contributed by atoms with Gasteiger partial charge in [0, 0.05) is 44.2 Å². The number of aliphatic imine (C=N–C) groups is 1. The number of aryl methyl sites for hydroxylation is 1. The molecule has 8 heteroatoms. The van der Waals surface area contributed by atoms with Crippen molar-refractivity contribution in [1.82, 2.24) is 20.5 Å². The molecule has 6 nitrogen and oxygen atoms in total. The van der Waals surface area contributed by atoms with Crippen LogP contribution >= 0.6 is 35.3 Å². The smallest absolute Gasteiger partial charge is 0.243 e. The van der Waals surface area contributed by atoms with Gasteiger partial charge in [-0.05, 0) is 19.8 Å². The Morgan fingerprint density at radius 1 is 1.36 bits per heavy atom. The maximum absolute atomic E-state index is 11.8. The van der Waals surface area contributed by atoms with Gasteiger partial charge in [-0.15, -0.1) is 35.3 Å². The lowest BCUT2D eigenvalue weighted by Gasteiger charge is -2.25. The first-order valence-corrected chi connectivity index (χ1v) is 9.52. The Balaban J connectivity index is 0.00000312. The van der Waals surface area contributed by atoms with Crippen molar-refractivity contribution in [3.63, 3.8) is 0 Å². The van der Waals surface area contributed by atoms with Gasteiger partial charge >= 0.3 is 0 Å². The van der Waals surface area contributed by atoms with Crippen LogP contribution in [-0.2, 0) is 11.2 Å². The van der Waals surface area contributed by atoms with E-state index in [1.165, 1.54) is 37.0 Å². The fraction of sp³-hybridized carbons (Fsp3) is 0.706. The number of rotatable bonds is 6. The van der Waals surface area contributed by atoms with Gasteiger partial charge in [0.25, 0.3) is 0 Å². The first kappa shape index (κ1) is 22.1. The molecule has 0 radical (unpaired) electrons. The van der Waals surface area contributed by atoms with E-state index < -0.39 is 0 Å². The number of nitrogens with zero attached hydrogens (tertiary/aromatic N) is 3. The Morgan fingerprint density at radius 2 is 2.08 bits per heavy atom. The maximum atomic E-state index is 11.8. The third-order valence-electron chi connectivity index (χ3n) is 4.12. The van der Waals surface area contributed by atoms with Gasteiger partial charge in [0.2, 0.25) is 5.91 Å². The molecule has 0 bridgehead atoms. The minimum Gasteiger partial charge on any atom is -0.356 e. The van der Waals surface area contributed by atoms with E-state index in [4.69, 9.17) is 0 Å². The Hall–Kier alpha value is -0.900. The van der Waals surface area contributed by atoms with Crippen molar-refractivity contribution in [1.29, 1.82) is 0 Å².